The number of carbonyl (C=O) groups excluding carboxylic acids is 1. The van der Waals surface area contributed by atoms with E-state index in [2.05, 4.69) is 4.74 Å². The Balaban J connectivity index is 1.66. The van der Waals surface area contributed by atoms with Gasteiger partial charge in [-0.3, -0.25) is 4.79 Å². The topological polar surface area (TPSA) is 63.7 Å². The van der Waals surface area contributed by atoms with Crippen LogP contribution in [0.3, 0.4) is 0 Å². The molecular weight excluding hydrogens is 395 g/mol. The molecule has 3 rings (SSSR count). The Hall–Kier alpha value is -1.87. The summed E-state index contributed by atoms with van der Waals surface area (Å²) in [4.78, 5) is 12.0. The number of rotatable bonds is 7. The van der Waals surface area contributed by atoms with Gasteiger partial charge < -0.3 is 4.74 Å². The summed E-state index contributed by atoms with van der Waals surface area (Å²) < 4.78 is 67.3. The Kier molecular flexibility index (Phi) is 6.14. The molecule has 0 spiro atoms. The van der Waals surface area contributed by atoms with Crippen molar-refractivity contribution in [2.75, 3.05) is 13.1 Å². The van der Waals surface area contributed by atoms with Crippen LogP contribution in [-0.4, -0.2) is 38.0 Å². The Labute approximate surface area is 162 Å². The molecule has 0 aromatic heterocycles. The predicted octanol–water partition coefficient (Wildman–Crippen LogP) is 4.06. The standard InChI is InChI=1S/C19H22F3NO4S/c20-19(21,22)27-17-7-9-18(10-8-17)28(25,26)23-11-1-2-15(13-23)12-16(24)6-5-14-3-4-14/h7-10,12,14H,1-6,11,13H2/b15-12-. The molecule has 1 aliphatic heterocycles. The third-order valence-electron chi connectivity index (χ3n) is 4.84. The van der Waals surface area contributed by atoms with Gasteiger partial charge in [0.15, 0.2) is 5.78 Å². The number of nitrogens with zero attached hydrogens (tertiary/aromatic N) is 1. The van der Waals surface area contributed by atoms with Gasteiger partial charge in [-0.25, -0.2) is 8.42 Å². The summed E-state index contributed by atoms with van der Waals surface area (Å²) in [6.07, 6.45) is 1.73. The molecule has 154 valence electrons. The van der Waals surface area contributed by atoms with E-state index >= 15 is 0 Å². The van der Waals surface area contributed by atoms with Gasteiger partial charge >= 0.3 is 6.36 Å². The Morgan fingerprint density at radius 2 is 1.89 bits per heavy atom. The highest BCUT2D eigenvalue weighted by atomic mass is 32.2. The summed E-state index contributed by atoms with van der Waals surface area (Å²) in [6, 6.07) is 4.13. The Morgan fingerprint density at radius 3 is 2.50 bits per heavy atom. The number of halogens is 3. The fourth-order valence-corrected chi connectivity index (χ4v) is 4.69. The van der Waals surface area contributed by atoms with Crippen molar-refractivity contribution in [3.05, 3.63) is 35.9 Å². The molecule has 1 aromatic rings. The average Bonchev–Trinajstić information content (AvgIpc) is 3.44. The molecule has 1 saturated heterocycles. The third-order valence-corrected chi connectivity index (χ3v) is 6.70. The van der Waals surface area contributed by atoms with Gasteiger partial charge in [0.1, 0.15) is 5.75 Å². The minimum Gasteiger partial charge on any atom is -0.406 e. The number of ether oxygens (including phenoxy) is 1. The van der Waals surface area contributed by atoms with Crippen LogP contribution in [0.15, 0.2) is 40.8 Å². The molecule has 1 aromatic carbocycles. The molecule has 0 unspecified atom stereocenters. The van der Waals surface area contributed by atoms with Crippen molar-refractivity contribution in [3.63, 3.8) is 0 Å². The van der Waals surface area contributed by atoms with E-state index in [1.165, 1.54) is 17.1 Å². The van der Waals surface area contributed by atoms with Crippen LogP contribution in [0.4, 0.5) is 13.2 Å². The van der Waals surface area contributed by atoms with E-state index in [9.17, 15) is 26.4 Å². The summed E-state index contributed by atoms with van der Waals surface area (Å²) >= 11 is 0. The minimum atomic E-state index is -4.83. The van der Waals surface area contributed by atoms with Crippen LogP contribution in [-0.2, 0) is 14.8 Å². The van der Waals surface area contributed by atoms with Crippen LogP contribution in [0.2, 0.25) is 0 Å². The van der Waals surface area contributed by atoms with Crippen molar-refractivity contribution < 1.29 is 31.1 Å². The van der Waals surface area contributed by atoms with Crippen molar-refractivity contribution in [3.8, 4) is 5.75 Å². The fraction of sp³-hybridized carbons (Fsp3) is 0.526. The number of allylic oxidation sites excluding steroid dienone is 1. The first-order valence-corrected chi connectivity index (χ1v) is 10.7. The lowest BCUT2D eigenvalue weighted by molar-refractivity contribution is -0.274. The first-order chi connectivity index (χ1) is 13.1. The normalized spacial score (nSPS) is 20.3. The quantitative estimate of drug-likeness (QED) is 0.628. The molecule has 0 amide bonds. The zero-order valence-corrected chi connectivity index (χ0v) is 16.1. The van der Waals surface area contributed by atoms with Gasteiger partial charge in [0, 0.05) is 19.5 Å². The monoisotopic (exact) mass is 417 g/mol. The van der Waals surface area contributed by atoms with Crippen LogP contribution in [0.5, 0.6) is 5.75 Å². The summed E-state index contributed by atoms with van der Waals surface area (Å²) in [5.74, 6) is 0.205. The highest BCUT2D eigenvalue weighted by Crippen LogP contribution is 2.33. The van der Waals surface area contributed by atoms with Gasteiger partial charge in [-0.1, -0.05) is 18.4 Å². The summed E-state index contributed by atoms with van der Waals surface area (Å²) in [7, 11) is -3.86. The van der Waals surface area contributed by atoms with Crippen molar-refractivity contribution in [1.82, 2.24) is 4.31 Å². The summed E-state index contributed by atoms with van der Waals surface area (Å²) in [5, 5.41) is 0. The molecule has 0 bridgehead atoms. The molecule has 0 radical (unpaired) electrons. The fourth-order valence-electron chi connectivity index (χ4n) is 3.21. The molecule has 9 heteroatoms. The third kappa shape index (κ3) is 5.81. The van der Waals surface area contributed by atoms with Crippen LogP contribution in [0.25, 0.3) is 0 Å². The molecular formula is C19H22F3NO4S. The second-order valence-electron chi connectivity index (χ2n) is 7.21. The Morgan fingerprint density at radius 1 is 1.21 bits per heavy atom. The molecule has 1 heterocycles. The maximum atomic E-state index is 12.8. The van der Waals surface area contributed by atoms with Crippen molar-refractivity contribution >= 4 is 15.8 Å². The van der Waals surface area contributed by atoms with E-state index in [0.717, 1.165) is 36.3 Å². The molecule has 1 aliphatic carbocycles. The van der Waals surface area contributed by atoms with E-state index in [0.29, 0.717) is 31.7 Å². The highest BCUT2D eigenvalue weighted by molar-refractivity contribution is 7.89. The Bertz CT molecular complexity index is 843. The molecule has 2 fully saturated rings. The van der Waals surface area contributed by atoms with Crippen LogP contribution in [0, 0.1) is 5.92 Å². The lowest BCUT2D eigenvalue weighted by atomic mass is 10.0. The predicted molar refractivity (Wildman–Crippen MR) is 96.2 cm³/mol. The molecule has 2 aliphatic rings. The van der Waals surface area contributed by atoms with Crippen molar-refractivity contribution in [2.24, 2.45) is 5.92 Å². The molecule has 0 N–H and O–H groups in total. The summed E-state index contributed by atoms with van der Waals surface area (Å²) in [6.45, 7) is 0.426. The number of sulfonamides is 1. The zero-order valence-electron chi connectivity index (χ0n) is 15.2. The van der Waals surface area contributed by atoms with E-state index < -0.39 is 22.1 Å². The highest BCUT2D eigenvalue weighted by Gasteiger charge is 2.32. The van der Waals surface area contributed by atoms with Crippen molar-refractivity contribution in [1.29, 1.82) is 0 Å². The van der Waals surface area contributed by atoms with Gasteiger partial charge in [-0.2, -0.15) is 4.31 Å². The second-order valence-corrected chi connectivity index (χ2v) is 9.15. The van der Waals surface area contributed by atoms with Crippen LogP contribution < -0.4 is 4.74 Å². The largest absolute Gasteiger partial charge is 0.573 e. The number of benzene rings is 1. The van der Waals surface area contributed by atoms with E-state index in [1.54, 1.807) is 6.08 Å². The number of carbonyl (C=O) groups is 1. The maximum Gasteiger partial charge on any atom is 0.573 e. The molecule has 28 heavy (non-hydrogen) atoms. The molecule has 1 saturated carbocycles. The van der Waals surface area contributed by atoms with Gasteiger partial charge in [-0.05, 0) is 55.5 Å². The minimum absolute atomic E-state index is 0.0230. The van der Waals surface area contributed by atoms with Crippen molar-refractivity contribution in [2.45, 2.75) is 49.8 Å². The lowest BCUT2D eigenvalue weighted by Crippen LogP contribution is -2.37. The summed E-state index contributed by atoms with van der Waals surface area (Å²) in [5.41, 5.74) is 0.771. The first-order valence-electron chi connectivity index (χ1n) is 9.22. The first kappa shape index (κ1) is 20.9. The number of piperidine rings is 1. The van der Waals surface area contributed by atoms with Gasteiger partial charge in [-0.15, -0.1) is 13.2 Å². The lowest BCUT2D eigenvalue weighted by Gasteiger charge is -2.28. The van der Waals surface area contributed by atoms with E-state index in [-0.39, 0.29) is 17.2 Å². The van der Waals surface area contributed by atoms with Gasteiger partial charge in [0.05, 0.1) is 4.90 Å². The maximum absolute atomic E-state index is 12.8. The number of alkyl halides is 3. The van der Waals surface area contributed by atoms with Gasteiger partial charge in [0.25, 0.3) is 0 Å². The number of hydrogen-bond acceptors (Lipinski definition) is 4. The number of ketones is 1. The molecule has 0 atom stereocenters. The van der Waals surface area contributed by atoms with Crippen LogP contribution in [0.1, 0.15) is 38.5 Å². The second kappa shape index (κ2) is 8.24. The smallest absolute Gasteiger partial charge is 0.406 e. The zero-order chi connectivity index (χ0) is 20.4. The van der Waals surface area contributed by atoms with Gasteiger partial charge in [0.2, 0.25) is 10.0 Å². The number of hydrogen-bond donors (Lipinski definition) is 0. The van der Waals surface area contributed by atoms with Crippen LogP contribution >= 0.6 is 0 Å². The SMILES string of the molecule is O=C(/C=C1/CCCN(S(=O)(=O)c2ccc(OC(F)(F)F)cc2)C1)CCC1CC1. The van der Waals surface area contributed by atoms with E-state index in [4.69, 9.17) is 0 Å². The van der Waals surface area contributed by atoms with E-state index in [1.807, 2.05) is 0 Å². The molecule has 5 nitrogen and oxygen atoms in total. The average molecular weight is 417 g/mol.